The zero-order valence-electron chi connectivity index (χ0n) is 15.3. The third-order valence-corrected chi connectivity index (χ3v) is 4.77. The number of morpholine rings is 1. The van der Waals surface area contributed by atoms with E-state index in [1.165, 1.54) is 5.57 Å². The van der Waals surface area contributed by atoms with Gasteiger partial charge < -0.3 is 15.2 Å². The van der Waals surface area contributed by atoms with Crippen LogP contribution in [-0.4, -0.2) is 43.9 Å². The average molecular weight is 377 g/mol. The minimum absolute atomic E-state index is 0.0477. The lowest BCUT2D eigenvalue weighted by Crippen LogP contribution is -2.45. The van der Waals surface area contributed by atoms with Crippen LogP contribution in [0.3, 0.4) is 0 Å². The van der Waals surface area contributed by atoms with Gasteiger partial charge in [0, 0.05) is 13.1 Å². The molecule has 1 aromatic carbocycles. The van der Waals surface area contributed by atoms with Crippen molar-refractivity contribution in [3.8, 4) is 5.75 Å². The number of allylic oxidation sites excluding steroid dienone is 4. The Balaban J connectivity index is 1.71. The minimum Gasteiger partial charge on any atom is -0.489 e. The quantitative estimate of drug-likeness (QED) is 0.372. The molecule has 1 aliphatic rings. The van der Waals surface area contributed by atoms with Gasteiger partial charge in [-0.15, -0.1) is 0 Å². The van der Waals surface area contributed by atoms with Gasteiger partial charge in [0.1, 0.15) is 18.5 Å². The number of nitrogen functional groups attached to an aromatic ring is 1. The van der Waals surface area contributed by atoms with Crippen molar-refractivity contribution >= 4 is 17.3 Å². The summed E-state index contributed by atoms with van der Waals surface area (Å²) in [6, 6.07) is 5.42. The zero-order valence-corrected chi connectivity index (χ0v) is 16.1. The third-order valence-electron chi connectivity index (χ3n) is 4.44. The maximum atomic E-state index is 6.02. The van der Waals surface area contributed by atoms with Crippen LogP contribution >= 0.6 is 11.6 Å². The topological polar surface area (TPSA) is 47.7 Å². The molecule has 1 atom stereocenters. The Morgan fingerprint density at radius 2 is 2.23 bits per heavy atom. The van der Waals surface area contributed by atoms with Gasteiger partial charge in [-0.25, -0.2) is 0 Å². The highest BCUT2D eigenvalue weighted by atomic mass is 35.5. The third kappa shape index (κ3) is 6.52. The average Bonchev–Trinajstić information content (AvgIpc) is 2.66. The van der Waals surface area contributed by atoms with Crippen LogP contribution in [0.2, 0.25) is 5.02 Å². The molecule has 4 nitrogen and oxygen atoms in total. The van der Waals surface area contributed by atoms with Crippen molar-refractivity contribution in [2.45, 2.75) is 25.4 Å². The molecule has 0 spiro atoms. The molecule has 0 bridgehead atoms. The molecule has 1 heterocycles. The molecule has 2 rings (SSSR count). The Morgan fingerprint density at radius 1 is 1.38 bits per heavy atom. The van der Waals surface area contributed by atoms with E-state index >= 15 is 0 Å². The van der Waals surface area contributed by atoms with Crippen LogP contribution in [0.4, 0.5) is 5.69 Å². The molecule has 142 valence electrons. The predicted molar refractivity (Wildman–Crippen MR) is 110 cm³/mol. The molecule has 0 radical (unpaired) electrons. The van der Waals surface area contributed by atoms with Gasteiger partial charge >= 0.3 is 0 Å². The van der Waals surface area contributed by atoms with Crippen LogP contribution in [-0.2, 0) is 4.74 Å². The maximum Gasteiger partial charge on any atom is 0.143 e. The number of anilines is 1. The fourth-order valence-corrected chi connectivity index (χ4v) is 3.15. The Hall–Kier alpha value is -1.75. The van der Waals surface area contributed by atoms with Crippen LogP contribution in [0.25, 0.3) is 0 Å². The van der Waals surface area contributed by atoms with E-state index in [1.807, 2.05) is 30.4 Å². The van der Waals surface area contributed by atoms with Crippen molar-refractivity contribution in [2.24, 2.45) is 0 Å². The van der Waals surface area contributed by atoms with E-state index in [2.05, 4.69) is 18.1 Å². The highest BCUT2D eigenvalue weighted by molar-refractivity contribution is 6.33. The van der Waals surface area contributed by atoms with Gasteiger partial charge in [0.2, 0.25) is 0 Å². The Kier molecular flexibility index (Phi) is 8.75. The van der Waals surface area contributed by atoms with Crippen molar-refractivity contribution in [2.75, 3.05) is 38.6 Å². The first-order chi connectivity index (χ1) is 12.6. The second-order valence-corrected chi connectivity index (χ2v) is 6.80. The van der Waals surface area contributed by atoms with Crippen molar-refractivity contribution in [3.63, 3.8) is 0 Å². The maximum absolute atomic E-state index is 6.02. The van der Waals surface area contributed by atoms with Crippen molar-refractivity contribution in [1.29, 1.82) is 0 Å². The summed E-state index contributed by atoms with van der Waals surface area (Å²) in [5, 5.41) is 0.512. The van der Waals surface area contributed by atoms with Crippen molar-refractivity contribution < 1.29 is 9.47 Å². The number of ether oxygens (including phenoxy) is 2. The normalized spacial score (nSPS) is 18.5. The molecule has 1 fully saturated rings. The van der Waals surface area contributed by atoms with Gasteiger partial charge in [0.25, 0.3) is 0 Å². The largest absolute Gasteiger partial charge is 0.489 e. The molecule has 26 heavy (non-hydrogen) atoms. The Labute approximate surface area is 161 Å². The lowest BCUT2D eigenvalue weighted by atomic mass is 10.1. The number of nitrogens with zero attached hydrogens (tertiary/aromatic N) is 1. The number of benzene rings is 1. The number of para-hydroxylation sites is 1. The van der Waals surface area contributed by atoms with Crippen LogP contribution in [0.15, 0.2) is 55.2 Å². The molecular weight excluding hydrogens is 348 g/mol. The fourth-order valence-electron chi connectivity index (χ4n) is 2.98. The molecule has 0 amide bonds. The summed E-state index contributed by atoms with van der Waals surface area (Å²) in [5.41, 5.74) is 7.66. The van der Waals surface area contributed by atoms with Gasteiger partial charge in [-0.1, -0.05) is 49.1 Å². The highest BCUT2D eigenvalue weighted by Crippen LogP contribution is 2.29. The second-order valence-electron chi connectivity index (χ2n) is 6.39. The van der Waals surface area contributed by atoms with Crippen LogP contribution in [0.5, 0.6) is 5.75 Å². The van der Waals surface area contributed by atoms with E-state index in [0.717, 1.165) is 45.5 Å². The van der Waals surface area contributed by atoms with E-state index in [-0.39, 0.29) is 6.10 Å². The van der Waals surface area contributed by atoms with Crippen LogP contribution < -0.4 is 10.5 Å². The first-order valence-corrected chi connectivity index (χ1v) is 9.46. The van der Waals surface area contributed by atoms with E-state index < -0.39 is 0 Å². The summed E-state index contributed by atoms with van der Waals surface area (Å²) < 4.78 is 11.6. The summed E-state index contributed by atoms with van der Waals surface area (Å²) in [4.78, 5) is 2.43. The first-order valence-electron chi connectivity index (χ1n) is 9.08. The van der Waals surface area contributed by atoms with E-state index in [1.54, 1.807) is 6.07 Å². The summed E-state index contributed by atoms with van der Waals surface area (Å²) in [6.45, 7) is 11.7. The number of halogens is 1. The lowest BCUT2D eigenvalue weighted by Gasteiger charge is -2.32. The van der Waals surface area contributed by atoms with Crippen molar-refractivity contribution in [3.05, 3.63) is 60.2 Å². The molecule has 1 saturated heterocycles. The first kappa shape index (κ1) is 20.6. The van der Waals surface area contributed by atoms with Gasteiger partial charge in [-0.2, -0.15) is 0 Å². The molecular formula is C21H29ClN2O2. The van der Waals surface area contributed by atoms with Crippen LogP contribution in [0.1, 0.15) is 19.3 Å². The van der Waals surface area contributed by atoms with Crippen LogP contribution in [0, 0.1) is 0 Å². The zero-order chi connectivity index (χ0) is 18.8. The number of unbranched alkanes of at least 4 members (excludes halogenated alkanes) is 1. The van der Waals surface area contributed by atoms with E-state index in [4.69, 9.17) is 26.8 Å². The number of hydrogen-bond donors (Lipinski definition) is 1. The molecule has 1 aliphatic heterocycles. The molecule has 2 N–H and O–H groups in total. The number of rotatable bonds is 10. The van der Waals surface area contributed by atoms with Gasteiger partial charge in [-0.05, 0) is 43.5 Å². The molecule has 1 unspecified atom stereocenters. The molecule has 0 aromatic heterocycles. The summed E-state index contributed by atoms with van der Waals surface area (Å²) in [7, 11) is 0. The Morgan fingerprint density at radius 3 is 3.00 bits per heavy atom. The summed E-state index contributed by atoms with van der Waals surface area (Å²) in [6.07, 6.45) is 9.13. The van der Waals surface area contributed by atoms with E-state index in [0.29, 0.717) is 23.1 Å². The monoisotopic (exact) mass is 376 g/mol. The molecule has 1 aromatic rings. The van der Waals surface area contributed by atoms with Crippen molar-refractivity contribution in [1.82, 2.24) is 4.90 Å². The van der Waals surface area contributed by atoms with Gasteiger partial charge in [0.15, 0.2) is 0 Å². The number of nitrogens with two attached hydrogens (primary N) is 1. The minimum atomic E-state index is 0.0477. The smallest absolute Gasteiger partial charge is 0.143 e. The van der Waals surface area contributed by atoms with E-state index in [9.17, 15) is 0 Å². The summed E-state index contributed by atoms with van der Waals surface area (Å²) >= 11 is 6.02. The van der Waals surface area contributed by atoms with Gasteiger partial charge in [-0.3, -0.25) is 4.90 Å². The molecule has 0 aliphatic carbocycles. The van der Waals surface area contributed by atoms with Gasteiger partial charge in [0.05, 0.1) is 17.3 Å². The highest BCUT2D eigenvalue weighted by Gasteiger charge is 2.21. The SMILES string of the molecule is C=C/C=C(\C=C)CCCCN1CCOC(COc2cccc(Cl)c2N)C1. The molecule has 5 heteroatoms. The number of hydrogen-bond acceptors (Lipinski definition) is 4. The standard InChI is InChI=1S/C21H29ClN2O2/c1-3-8-17(4-2)9-5-6-12-24-13-14-25-18(15-24)16-26-20-11-7-10-19(22)21(20)23/h3-4,7-8,10-11,18H,1-2,5-6,9,12-16,23H2/b17-8+. The lowest BCUT2D eigenvalue weighted by molar-refractivity contribution is -0.0480. The fraction of sp³-hybridized carbons (Fsp3) is 0.429. The second kappa shape index (κ2) is 11.1. The predicted octanol–water partition coefficient (Wildman–Crippen LogP) is 4.47. The summed E-state index contributed by atoms with van der Waals surface area (Å²) in [5.74, 6) is 0.615. The molecule has 0 saturated carbocycles. The Bertz CT molecular complexity index is 630.